The normalized spacial score (nSPS) is 25.2. The standard InChI is InChI=1S/C17H30ClN3/c1-6-19-11-13-7-8-17(3,4)10-14(13)9-15-12(2)20-21(5)16(15)18/h13-14,19H,6-11H2,1-5H3. The van der Waals surface area contributed by atoms with Crippen molar-refractivity contribution in [1.29, 1.82) is 0 Å². The highest BCUT2D eigenvalue weighted by Crippen LogP contribution is 2.43. The lowest BCUT2D eigenvalue weighted by Crippen LogP contribution is -2.37. The summed E-state index contributed by atoms with van der Waals surface area (Å²) in [5.41, 5.74) is 2.80. The molecule has 0 spiro atoms. The van der Waals surface area contributed by atoms with E-state index in [0.717, 1.165) is 36.3 Å². The van der Waals surface area contributed by atoms with Gasteiger partial charge in [-0.2, -0.15) is 5.10 Å². The molecule has 0 bridgehead atoms. The molecule has 0 aromatic carbocycles. The molecule has 4 heteroatoms. The van der Waals surface area contributed by atoms with E-state index in [1.54, 1.807) is 4.68 Å². The molecule has 1 aliphatic carbocycles. The topological polar surface area (TPSA) is 29.9 Å². The number of nitrogens with zero attached hydrogens (tertiary/aromatic N) is 2. The van der Waals surface area contributed by atoms with E-state index in [-0.39, 0.29) is 0 Å². The Hall–Kier alpha value is -0.540. The molecule has 1 heterocycles. The Kier molecular flexibility index (Phi) is 5.37. The number of rotatable bonds is 5. The SMILES string of the molecule is CCNCC1CCC(C)(C)CC1Cc1c(C)nn(C)c1Cl. The van der Waals surface area contributed by atoms with E-state index in [0.29, 0.717) is 11.3 Å². The van der Waals surface area contributed by atoms with E-state index in [9.17, 15) is 0 Å². The molecule has 0 amide bonds. The summed E-state index contributed by atoms with van der Waals surface area (Å²) < 4.78 is 1.81. The van der Waals surface area contributed by atoms with Gasteiger partial charge in [-0.25, -0.2) is 0 Å². The van der Waals surface area contributed by atoms with Gasteiger partial charge in [-0.1, -0.05) is 32.4 Å². The molecule has 1 fully saturated rings. The summed E-state index contributed by atoms with van der Waals surface area (Å²) in [7, 11) is 1.93. The monoisotopic (exact) mass is 311 g/mol. The van der Waals surface area contributed by atoms with Crippen molar-refractivity contribution >= 4 is 11.6 Å². The molecule has 1 aliphatic rings. The van der Waals surface area contributed by atoms with Crippen LogP contribution in [0.15, 0.2) is 0 Å². The average molecular weight is 312 g/mol. The first kappa shape index (κ1) is 16.8. The maximum Gasteiger partial charge on any atom is 0.130 e. The number of nitrogens with one attached hydrogen (secondary N) is 1. The Morgan fingerprint density at radius 1 is 1.38 bits per heavy atom. The van der Waals surface area contributed by atoms with Crippen molar-refractivity contribution in [1.82, 2.24) is 15.1 Å². The third kappa shape index (κ3) is 4.01. The molecular weight excluding hydrogens is 282 g/mol. The highest BCUT2D eigenvalue weighted by molar-refractivity contribution is 6.30. The fraction of sp³-hybridized carbons (Fsp3) is 0.824. The molecule has 2 atom stereocenters. The van der Waals surface area contributed by atoms with Crippen molar-refractivity contribution in [3.8, 4) is 0 Å². The molecular formula is C17H30ClN3. The Labute approximate surface area is 134 Å². The van der Waals surface area contributed by atoms with Crippen LogP contribution < -0.4 is 5.32 Å². The third-order valence-corrected chi connectivity index (χ3v) is 5.54. The highest BCUT2D eigenvalue weighted by atomic mass is 35.5. The van der Waals surface area contributed by atoms with E-state index in [1.807, 2.05) is 7.05 Å². The van der Waals surface area contributed by atoms with Crippen LogP contribution >= 0.6 is 11.6 Å². The predicted octanol–water partition coefficient (Wildman–Crippen LogP) is 3.98. The van der Waals surface area contributed by atoms with E-state index in [1.165, 1.54) is 24.8 Å². The molecule has 3 nitrogen and oxygen atoms in total. The van der Waals surface area contributed by atoms with Gasteiger partial charge in [-0.05, 0) is 62.9 Å². The van der Waals surface area contributed by atoms with Crippen LogP contribution in [-0.2, 0) is 13.5 Å². The summed E-state index contributed by atoms with van der Waals surface area (Å²) in [5.74, 6) is 1.46. The van der Waals surface area contributed by atoms with Crippen LogP contribution in [0, 0.1) is 24.2 Å². The highest BCUT2D eigenvalue weighted by Gasteiger charge is 2.35. The van der Waals surface area contributed by atoms with Crippen LogP contribution in [0.4, 0.5) is 0 Å². The Morgan fingerprint density at radius 2 is 2.10 bits per heavy atom. The van der Waals surface area contributed by atoms with Crippen LogP contribution in [0.25, 0.3) is 0 Å². The number of hydrogen-bond donors (Lipinski definition) is 1. The zero-order valence-electron chi connectivity index (χ0n) is 14.2. The zero-order valence-corrected chi connectivity index (χ0v) is 14.9. The quantitative estimate of drug-likeness (QED) is 0.891. The van der Waals surface area contributed by atoms with Gasteiger partial charge < -0.3 is 5.32 Å². The first-order chi connectivity index (χ1) is 9.84. The molecule has 21 heavy (non-hydrogen) atoms. The minimum atomic E-state index is 0.454. The molecule has 120 valence electrons. The molecule has 1 aromatic rings. The molecule has 1 aromatic heterocycles. The van der Waals surface area contributed by atoms with Crippen molar-refractivity contribution in [2.75, 3.05) is 13.1 Å². The van der Waals surface area contributed by atoms with Crippen LogP contribution in [0.3, 0.4) is 0 Å². The van der Waals surface area contributed by atoms with Gasteiger partial charge in [0.2, 0.25) is 0 Å². The zero-order chi connectivity index (χ0) is 15.6. The minimum Gasteiger partial charge on any atom is -0.317 e. The molecule has 0 radical (unpaired) electrons. The molecule has 0 saturated heterocycles. The first-order valence-corrected chi connectivity index (χ1v) is 8.60. The number of aryl methyl sites for hydroxylation is 2. The Morgan fingerprint density at radius 3 is 2.67 bits per heavy atom. The van der Waals surface area contributed by atoms with Crippen molar-refractivity contribution < 1.29 is 0 Å². The van der Waals surface area contributed by atoms with Crippen molar-refractivity contribution in [2.24, 2.45) is 24.3 Å². The lowest BCUT2D eigenvalue weighted by molar-refractivity contribution is 0.116. The Bertz CT molecular complexity index is 479. The molecule has 1 saturated carbocycles. The van der Waals surface area contributed by atoms with Gasteiger partial charge in [0.15, 0.2) is 0 Å². The smallest absolute Gasteiger partial charge is 0.130 e. The molecule has 0 aliphatic heterocycles. The largest absolute Gasteiger partial charge is 0.317 e. The average Bonchev–Trinajstić information content (AvgIpc) is 2.64. The fourth-order valence-electron chi connectivity index (χ4n) is 3.80. The van der Waals surface area contributed by atoms with E-state index >= 15 is 0 Å². The summed E-state index contributed by atoms with van der Waals surface area (Å²) in [6.07, 6.45) is 5.01. The van der Waals surface area contributed by atoms with Gasteiger partial charge in [0, 0.05) is 12.6 Å². The minimum absolute atomic E-state index is 0.454. The van der Waals surface area contributed by atoms with Crippen LogP contribution in [0.2, 0.25) is 5.15 Å². The predicted molar refractivity (Wildman–Crippen MR) is 89.8 cm³/mol. The number of hydrogen-bond acceptors (Lipinski definition) is 2. The second-order valence-corrected chi connectivity index (χ2v) is 7.78. The maximum absolute atomic E-state index is 6.44. The first-order valence-electron chi connectivity index (χ1n) is 8.22. The second-order valence-electron chi connectivity index (χ2n) is 7.42. The van der Waals surface area contributed by atoms with Gasteiger partial charge in [0.05, 0.1) is 5.69 Å². The van der Waals surface area contributed by atoms with Gasteiger partial charge >= 0.3 is 0 Å². The van der Waals surface area contributed by atoms with Crippen molar-refractivity contribution in [2.45, 2.75) is 53.4 Å². The summed E-state index contributed by atoms with van der Waals surface area (Å²) >= 11 is 6.44. The molecule has 1 N–H and O–H groups in total. The van der Waals surface area contributed by atoms with E-state index < -0.39 is 0 Å². The van der Waals surface area contributed by atoms with Crippen LogP contribution in [0.1, 0.15) is 51.3 Å². The van der Waals surface area contributed by atoms with E-state index in [2.05, 4.69) is 38.1 Å². The van der Waals surface area contributed by atoms with Crippen molar-refractivity contribution in [3.63, 3.8) is 0 Å². The summed E-state index contributed by atoms with van der Waals surface area (Å²) in [5, 5.41) is 8.83. The lowest BCUT2D eigenvalue weighted by atomic mass is 9.65. The molecule has 2 rings (SSSR count). The third-order valence-electron chi connectivity index (χ3n) is 5.07. The van der Waals surface area contributed by atoms with Crippen molar-refractivity contribution in [3.05, 3.63) is 16.4 Å². The van der Waals surface area contributed by atoms with E-state index in [4.69, 9.17) is 11.6 Å². The Balaban J connectivity index is 2.15. The summed E-state index contributed by atoms with van der Waals surface area (Å²) in [6, 6.07) is 0. The maximum atomic E-state index is 6.44. The second kappa shape index (κ2) is 6.70. The number of aromatic nitrogens is 2. The summed E-state index contributed by atoms with van der Waals surface area (Å²) in [4.78, 5) is 0. The number of halogens is 1. The molecule has 2 unspecified atom stereocenters. The fourth-order valence-corrected chi connectivity index (χ4v) is 4.05. The van der Waals surface area contributed by atoms with Gasteiger partial charge in [-0.15, -0.1) is 0 Å². The lowest BCUT2D eigenvalue weighted by Gasteiger charge is -2.41. The van der Waals surface area contributed by atoms with Gasteiger partial charge in [0.1, 0.15) is 5.15 Å². The van der Waals surface area contributed by atoms with Gasteiger partial charge in [-0.3, -0.25) is 4.68 Å². The van der Waals surface area contributed by atoms with Crippen LogP contribution in [-0.4, -0.2) is 22.9 Å². The van der Waals surface area contributed by atoms with Gasteiger partial charge in [0.25, 0.3) is 0 Å². The van der Waals surface area contributed by atoms with Crippen LogP contribution in [0.5, 0.6) is 0 Å². The summed E-state index contributed by atoms with van der Waals surface area (Å²) in [6.45, 7) is 11.3.